The zero-order valence-electron chi connectivity index (χ0n) is 15.2. The standard InChI is InChI=1S/C19H25N5O2/c1-14(21-19(26)22-17-6-4-3-5-7-17)18(25)24-9-8-15(13-24)10-16-11-20-23(2)12-16/h3-7,11-12,14-15H,8-10,13H2,1-2H3,(H2,21,22,26). The van der Waals surface area contributed by atoms with E-state index >= 15 is 0 Å². The van der Waals surface area contributed by atoms with Crippen LogP contribution >= 0.6 is 0 Å². The molecule has 2 unspecified atom stereocenters. The number of rotatable bonds is 5. The lowest BCUT2D eigenvalue weighted by atomic mass is 10.0. The Morgan fingerprint density at radius 2 is 2.08 bits per heavy atom. The predicted octanol–water partition coefficient (Wildman–Crippen LogP) is 2.02. The number of nitrogens with one attached hydrogen (secondary N) is 2. The van der Waals surface area contributed by atoms with E-state index in [1.807, 2.05) is 42.5 Å². The molecule has 2 N–H and O–H groups in total. The monoisotopic (exact) mass is 355 g/mol. The molecule has 7 heteroatoms. The summed E-state index contributed by atoms with van der Waals surface area (Å²) in [5.41, 5.74) is 1.89. The number of para-hydroxylation sites is 1. The van der Waals surface area contributed by atoms with Crippen molar-refractivity contribution in [2.45, 2.75) is 25.8 Å². The summed E-state index contributed by atoms with van der Waals surface area (Å²) >= 11 is 0. The SMILES string of the molecule is CC(NC(=O)Nc1ccccc1)C(=O)N1CCC(Cc2cnn(C)c2)C1. The normalized spacial score (nSPS) is 17.8. The van der Waals surface area contributed by atoms with Crippen LogP contribution in [0.2, 0.25) is 0 Å². The maximum absolute atomic E-state index is 12.6. The quantitative estimate of drug-likeness (QED) is 0.861. The Morgan fingerprint density at radius 1 is 1.31 bits per heavy atom. The first kappa shape index (κ1) is 18.0. The van der Waals surface area contributed by atoms with Crippen LogP contribution < -0.4 is 10.6 Å². The molecule has 1 aromatic heterocycles. The van der Waals surface area contributed by atoms with Gasteiger partial charge >= 0.3 is 6.03 Å². The summed E-state index contributed by atoms with van der Waals surface area (Å²) in [7, 11) is 1.90. The van der Waals surface area contributed by atoms with Crippen molar-refractivity contribution in [2.75, 3.05) is 18.4 Å². The first-order valence-electron chi connectivity index (χ1n) is 8.90. The van der Waals surface area contributed by atoms with Gasteiger partial charge in [-0.15, -0.1) is 0 Å². The summed E-state index contributed by atoms with van der Waals surface area (Å²) in [5.74, 6) is 0.399. The number of carbonyl (C=O) groups excluding carboxylic acids is 2. The predicted molar refractivity (Wildman–Crippen MR) is 99.7 cm³/mol. The van der Waals surface area contributed by atoms with E-state index in [0.29, 0.717) is 11.6 Å². The van der Waals surface area contributed by atoms with Gasteiger partial charge in [0.05, 0.1) is 6.20 Å². The van der Waals surface area contributed by atoms with Crippen molar-refractivity contribution in [3.8, 4) is 0 Å². The Bertz CT molecular complexity index is 758. The largest absolute Gasteiger partial charge is 0.341 e. The average Bonchev–Trinajstić information content (AvgIpc) is 3.24. The molecular weight excluding hydrogens is 330 g/mol. The van der Waals surface area contributed by atoms with E-state index < -0.39 is 6.04 Å². The van der Waals surface area contributed by atoms with E-state index in [4.69, 9.17) is 0 Å². The third-order valence-corrected chi connectivity index (χ3v) is 4.63. The lowest BCUT2D eigenvalue weighted by molar-refractivity contribution is -0.131. The van der Waals surface area contributed by atoms with Crippen molar-refractivity contribution in [3.05, 3.63) is 48.3 Å². The van der Waals surface area contributed by atoms with Gasteiger partial charge in [0.15, 0.2) is 0 Å². The minimum absolute atomic E-state index is 0.0399. The van der Waals surface area contributed by atoms with E-state index in [1.165, 1.54) is 5.56 Å². The lowest BCUT2D eigenvalue weighted by Gasteiger charge is -2.22. The molecule has 0 bridgehead atoms. The summed E-state index contributed by atoms with van der Waals surface area (Å²) in [6.07, 6.45) is 5.79. The molecular formula is C19H25N5O2. The Hall–Kier alpha value is -2.83. The first-order chi connectivity index (χ1) is 12.5. The number of hydrogen-bond donors (Lipinski definition) is 2. The molecule has 1 aromatic carbocycles. The summed E-state index contributed by atoms with van der Waals surface area (Å²) < 4.78 is 1.80. The molecule has 2 aromatic rings. The van der Waals surface area contributed by atoms with Gasteiger partial charge in [-0.05, 0) is 43.4 Å². The van der Waals surface area contributed by atoms with Crippen LogP contribution in [0.15, 0.2) is 42.7 Å². The van der Waals surface area contributed by atoms with E-state index in [0.717, 1.165) is 25.9 Å². The van der Waals surface area contributed by atoms with E-state index in [9.17, 15) is 9.59 Å². The van der Waals surface area contributed by atoms with Crippen molar-refractivity contribution in [3.63, 3.8) is 0 Å². The van der Waals surface area contributed by atoms with Gasteiger partial charge in [0, 0.05) is 32.0 Å². The molecule has 7 nitrogen and oxygen atoms in total. The average molecular weight is 355 g/mol. The highest BCUT2D eigenvalue weighted by molar-refractivity contribution is 5.93. The molecule has 1 aliphatic heterocycles. The summed E-state index contributed by atoms with van der Waals surface area (Å²) in [4.78, 5) is 26.5. The van der Waals surface area contributed by atoms with Crippen LogP contribution in [0.1, 0.15) is 18.9 Å². The molecule has 0 saturated carbocycles. The number of anilines is 1. The molecule has 26 heavy (non-hydrogen) atoms. The summed E-state index contributed by atoms with van der Waals surface area (Å²) in [5, 5.41) is 9.64. The van der Waals surface area contributed by atoms with Crippen LogP contribution in [0.25, 0.3) is 0 Å². The highest BCUT2D eigenvalue weighted by Gasteiger charge is 2.29. The van der Waals surface area contributed by atoms with Gasteiger partial charge in [-0.2, -0.15) is 5.10 Å². The van der Waals surface area contributed by atoms with Crippen molar-refractivity contribution < 1.29 is 9.59 Å². The van der Waals surface area contributed by atoms with Gasteiger partial charge < -0.3 is 15.5 Å². The van der Waals surface area contributed by atoms with Crippen LogP contribution in [-0.4, -0.2) is 45.8 Å². The Labute approximate surface area is 153 Å². The van der Waals surface area contributed by atoms with Gasteiger partial charge in [-0.1, -0.05) is 18.2 Å². The fourth-order valence-electron chi connectivity index (χ4n) is 3.33. The number of carbonyl (C=O) groups is 2. The van der Waals surface area contributed by atoms with Crippen LogP contribution in [0.3, 0.4) is 0 Å². The van der Waals surface area contributed by atoms with Crippen LogP contribution in [0, 0.1) is 5.92 Å². The molecule has 0 radical (unpaired) electrons. The van der Waals surface area contributed by atoms with Crippen molar-refractivity contribution in [1.82, 2.24) is 20.0 Å². The number of amides is 3. The third kappa shape index (κ3) is 4.62. The molecule has 0 aliphatic carbocycles. The fraction of sp³-hybridized carbons (Fsp3) is 0.421. The van der Waals surface area contributed by atoms with Crippen molar-refractivity contribution >= 4 is 17.6 Å². The van der Waals surface area contributed by atoms with E-state index in [2.05, 4.69) is 15.7 Å². The maximum Gasteiger partial charge on any atom is 0.319 e. The summed E-state index contributed by atoms with van der Waals surface area (Å²) in [6.45, 7) is 3.18. The Morgan fingerprint density at radius 3 is 2.77 bits per heavy atom. The first-order valence-corrected chi connectivity index (χ1v) is 8.90. The lowest BCUT2D eigenvalue weighted by Crippen LogP contribution is -2.47. The molecule has 3 amide bonds. The van der Waals surface area contributed by atoms with Gasteiger partial charge in [0.1, 0.15) is 6.04 Å². The molecule has 1 saturated heterocycles. The number of aromatic nitrogens is 2. The fourth-order valence-corrected chi connectivity index (χ4v) is 3.33. The van der Waals surface area contributed by atoms with Gasteiger partial charge in [-0.3, -0.25) is 9.48 Å². The zero-order valence-corrected chi connectivity index (χ0v) is 15.2. The second kappa shape index (κ2) is 8.03. The molecule has 3 rings (SSSR count). The highest BCUT2D eigenvalue weighted by atomic mass is 16.2. The molecule has 2 heterocycles. The third-order valence-electron chi connectivity index (χ3n) is 4.63. The smallest absolute Gasteiger partial charge is 0.319 e. The number of nitrogens with zero attached hydrogens (tertiary/aromatic N) is 3. The van der Waals surface area contributed by atoms with Crippen molar-refractivity contribution in [2.24, 2.45) is 13.0 Å². The maximum atomic E-state index is 12.6. The van der Waals surface area contributed by atoms with Gasteiger partial charge in [-0.25, -0.2) is 4.79 Å². The van der Waals surface area contributed by atoms with Crippen LogP contribution in [-0.2, 0) is 18.3 Å². The van der Waals surface area contributed by atoms with Crippen molar-refractivity contribution in [1.29, 1.82) is 0 Å². The minimum atomic E-state index is -0.559. The zero-order chi connectivity index (χ0) is 18.5. The van der Waals surface area contributed by atoms with Gasteiger partial charge in [0.2, 0.25) is 5.91 Å². The Balaban J connectivity index is 1.47. The van der Waals surface area contributed by atoms with Crippen LogP contribution in [0.5, 0.6) is 0 Å². The Kier molecular flexibility index (Phi) is 5.55. The summed E-state index contributed by atoms with van der Waals surface area (Å²) in [6, 6.07) is 8.24. The molecule has 138 valence electrons. The number of hydrogen-bond acceptors (Lipinski definition) is 3. The molecule has 0 spiro atoms. The van der Waals surface area contributed by atoms with Gasteiger partial charge in [0.25, 0.3) is 0 Å². The van der Waals surface area contributed by atoms with E-state index in [1.54, 1.807) is 23.7 Å². The number of benzene rings is 1. The van der Waals surface area contributed by atoms with E-state index in [-0.39, 0.29) is 11.9 Å². The highest BCUT2D eigenvalue weighted by Crippen LogP contribution is 2.21. The number of aryl methyl sites for hydroxylation is 1. The van der Waals surface area contributed by atoms with Crippen LogP contribution in [0.4, 0.5) is 10.5 Å². The second-order valence-corrected chi connectivity index (χ2v) is 6.85. The number of urea groups is 1. The molecule has 2 atom stereocenters. The number of likely N-dealkylation sites (tertiary alicyclic amines) is 1. The second-order valence-electron chi connectivity index (χ2n) is 6.85. The minimum Gasteiger partial charge on any atom is -0.341 e. The molecule has 1 aliphatic rings. The topological polar surface area (TPSA) is 79.3 Å². The molecule has 1 fully saturated rings.